The van der Waals surface area contributed by atoms with Gasteiger partial charge in [0.2, 0.25) is 0 Å². The maximum absolute atomic E-state index is 6.35. The summed E-state index contributed by atoms with van der Waals surface area (Å²) in [6.07, 6.45) is 7.38. The zero-order valence-corrected chi connectivity index (χ0v) is 9.42. The first kappa shape index (κ1) is 9.36. The minimum atomic E-state index is -0.00958. The molecule has 0 aromatic carbocycles. The number of hydrogen-bond acceptors (Lipinski definition) is 0. The first-order valence-electron chi connectivity index (χ1n) is 6.18. The summed E-state index contributed by atoms with van der Waals surface area (Å²) in [7, 11) is 8.56. The molecule has 0 heterocycles. The Bertz CT molecular complexity index is 261. The molecule has 0 nitrogen and oxygen atoms in total. The maximum Gasteiger partial charge on any atom is 0.103 e. The summed E-state index contributed by atoms with van der Waals surface area (Å²) in [5, 5.41) is -0.00958. The van der Waals surface area contributed by atoms with Crippen LogP contribution in [-0.2, 0) is 0 Å². The zero-order chi connectivity index (χ0) is 9.97. The average molecular weight is 185 g/mol. The largest absolute Gasteiger partial charge is 0.103 e. The van der Waals surface area contributed by atoms with Gasteiger partial charge in [0.25, 0.3) is 0 Å². The van der Waals surface area contributed by atoms with Gasteiger partial charge in [0.1, 0.15) is 7.28 Å². The molecule has 0 aromatic rings. The van der Waals surface area contributed by atoms with E-state index in [1.807, 2.05) is 0 Å². The Hall–Kier alpha value is 0.130. The lowest BCUT2D eigenvalue weighted by Gasteiger charge is -2.49. The quantitative estimate of drug-likeness (QED) is 0.580. The van der Waals surface area contributed by atoms with Crippen LogP contribution in [0.25, 0.3) is 0 Å². The molecule has 5 atom stereocenters. The van der Waals surface area contributed by atoms with Crippen LogP contribution in [0.4, 0.5) is 0 Å². The standard InChI is InChI=1S/C12H19B2/c1-11(13,14-2)9-5-8-3-4-12(8)7-10(12)6-9/h8-10H,3-7H2,1-2H3. The molecule has 3 radical (unpaired) electrons. The zero-order valence-electron chi connectivity index (χ0n) is 9.42. The summed E-state index contributed by atoms with van der Waals surface area (Å²) >= 11 is 0. The van der Waals surface area contributed by atoms with Crippen molar-refractivity contribution in [3.63, 3.8) is 0 Å². The first-order valence-corrected chi connectivity index (χ1v) is 6.18. The van der Waals surface area contributed by atoms with Crippen LogP contribution >= 0.6 is 0 Å². The molecular weight excluding hydrogens is 166 g/mol. The van der Waals surface area contributed by atoms with Gasteiger partial charge in [-0.25, -0.2) is 0 Å². The Balaban J connectivity index is 1.73. The minimum absolute atomic E-state index is 0.00958. The van der Waals surface area contributed by atoms with Gasteiger partial charge in [0.15, 0.2) is 0 Å². The molecule has 14 heavy (non-hydrogen) atoms. The maximum atomic E-state index is 6.35. The van der Waals surface area contributed by atoms with E-state index >= 15 is 0 Å². The lowest BCUT2D eigenvalue weighted by atomic mass is 9.37. The SMILES string of the molecule is [B]C(C)([B]C)C1CC2CCC23CC3C1. The molecule has 0 aliphatic heterocycles. The smallest absolute Gasteiger partial charge is 0.0922 e. The van der Waals surface area contributed by atoms with Gasteiger partial charge >= 0.3 is 0 Å². The van der Waals surface area contributed by atoms with Crippen molar-refractivity contribution in [3.05, 3.63) is 0 Å². The number of rotatable bonds is 2. The molecule has 2 heteroatoms. The van der Waals surface area contributed by atoms with Crippen LogP contribution in [0.3, 0.4) is 0 Å². The van der Waals surface area contributed by atoms with E-state index in [1.54, 1.807) is 0 Å². The van der Waals surface area contributed by atoms with E-state index in [0.717, 1.165) is 23.2 Å². The van der Waals surface area contributed by atoms with Crippen molar-refractivity contribution in [2.75, 3.05) is 0 Å². The molecule has 3 aliphatic carbocycles. The van der Waals surface area contributed by atoms with Crippen molar-refractivity contribution in [1.29, 1.82) is 0 Å². The highest BCUT2D eigenvalue weighted by Gasteiger charge is 2.66. The Labute approximate surface area is 89.9 Å². The Morgan fingerprint density at radius 3 is 2.57 bits per heavy atom. The molecular formula is C12H19B2. The van der Waals surface area contributed by atoms with E-state index in [0.29, 0.717) is 0 Å². The second-order valence-corrected chi connectivity index (χ2v) is 6.19. The molecule has 0 saturated heterocycles. The van der Waals surface area contributed by atoms with Crippen LogP contribution in [-0.4, -0.2) is 15.1 Å². The van der Waals surface area contributed by atoms with Gasteiger partial charge in [0, 0.05) is 0 Å². The molecule has 0 aromatic heterocycles. The molecule has 0 amide bonds. The third-order valence-electron chi connectivity index (χ3n) is 5.69. The van der Waals surface area contributed by atoms with Gasteiger partial charge in [0.05, 0.1) is 7.85 Å². The van der Waals surface area contributed by atoms with Crippen molar-refractivity contribution in [2.24, 2.45) is 23.2 Å². The molecule has 3 aliphatic rings. The van der Waals surface area contributed by atoms with Crippen molar-refractivity contribution < 1.29 is 0 Å². The van der Waals surface area contributed by atoms with Gasteiger partial charge in [-0.05, 0) is 49.4 Å². The summed E-state index contributed by atoms with van der Waals surface area (Å²) in [4.78, 5) is 0. The second kappa shape index (κ2) is 2.62. The van der Waals surface area contributed by atoms with Crippen molar-refractivity contribution in [2.45, 2.75) is 51.1 Å². The predicted molar refractivity (Wildman–Crippen MR) is 61.7 cm³/mol. The average Bonchev–Trinajstić information content (AvgIpc) is 2.86. The van der Waals surface area contributed by atoms with Crippen LogP contribution in [0.2, 0.25) is 12.0 Å². The fourth-order valence-corrected chi connectivity index (χ4v) is 4.12. The predicted octanol–water partition coefficient (Wildman–Crippen LogP) is 2.87. The van der Waals surface area contributed by atoms with Crippen LogP contribution in [0.15, 0.2) is 0 Å². The van der Waals surface area contributed by atoms with Crippen LogP contribution in [0.1, 0.15) is 39.0 Å². The Kier molecular flexibility index (Phi) is 1.76. The van der Waals surface area contributed by atoms with E-state index in [9.17, 15) is 0 Å². The summed E-state index contributed by atoms with van der Waals surface area (Å²) in [5.41, 5.74) is 0.861. The lowest BCUT2D eigenvalue weighted by Crippen LogP contribution is -2.40. The fraction of sp³-hybridized carbons (Fsp3) is 1.00. The van der Waals surface area contributed by atoms with Crippen molar-refractivity contribution in [1.82, 2.24) is 0 Å². The Morgan fingerprint density at radius 1 is 1.36 bits per heavy atom. The first-order chi connectivity index (χ1) is 6.58. The van der Waals surface area contributed by atoms with E-state index in [4.69, 9.17) is 7.85 Å². The summed E-state index contributed by atoms with van der Waals surface area (Å²) in [6.45, 7) is 4.33. The van der Waals surface area contributed by atoms with Gasteiger partial charge in [-0.15, -0.1) is 0 Å². The summed E-state index contributed by atoms with van der Waals surface area (Å²) < 4.78 is 0. The third kappa shape index (κ3) is 1.03. The second-order valence-electron chi connectivity index (χ2n) is 6.19. The highest BCUT2D eigenvalue weighted by molar-refractivity contribution is 6.52. The molecule has 73 valence electrons. The van der Waals surface area contributed by atoms with Crippen molar-refractivity contribution >= 4 is 15.1 Å². The molecule has 1 spiro atoms. The number of hydrogen-bond donors (Lipinski definition) is 0. The van der Waals surface area contributed by atoms with E-state index < -0.39 is 0 Å². The molecule has 5 unspecified atom stereocenters. The molecule has 0 bridgehead atoms. The highest BCUT2D eigenvalue weighted by atomic mass is 14.7. The highest BCUT2D eigenvalue weighted by Crippen LogP contribution is 2.75. The topological polar surface area (TPSA) is 0 Å². The third-order valence-corrected chi connectivity index (χ3v) is 5.69. The van der Waals surface area contributed by atoms with Gasteiger partial charge in [-0.1, -0.05) is 24.9 Å². The van der Waals surface area contributed by atoms with Crippen molar-refractivity contribution in [3.8, 4) is 0 Å². The molecule has 0 N–H and O–H groups in total. The minimum Gasteiger partial charge on any atom is -0.0922 e. The summed E-state index contributed by atoms with van der Waals surface area (Å²) in [5.74, 6) is 2.87. The van der Waals surface area contributed by atoms with Gasteiger partial charge < -0.3 is 0 Å². The molecule has 3 rings (SSSR count). The van der Waals surface area contributed by atoms with E-state index in [-0.39, 0.29) is 5.21 Å². The van der Waals surface area contributed by atoms with E-state index in [1.165, 1.54) is 32.1 Å². The lowest BCUT2D eigenvalue weighted by molar-refractivity contribution is 0.0535. The van der Waals surface area contributed by atoms with Gasteiger partial charge in [-0.3, -0.25) is 0 Å². The molecule has 3 fully saturated rings. The summed E-state index contributed by atoms with van der Waals surface area (Å²) in [6, 6.07) is 0. The normalized spacial score (nSPS) is 53.4. The van der Waals surface area contributed by atoms with Gasteiger partial charge in [-0.2, -0.15) is 0 Å². The van der Waals surface area contributed by atoms with Crippen LogP contribution < -0.4 is 0 Å². The molecule has 3 saturated carbocycles. The van der Waals surface area contributed by atoms with Crippen LogP contribution in [0.5, 0.6) is 0 Å². The monoisotopic (exact) mass is 185 g/mol. The van der Waals surface area contributed by atoms with Crippen LogP contribution in [0, 0.1) is 23.2 Å². The van der Waals surface area contributed by atoms with E-state index in [2.05, 4.69) is 21.0 Å². The Morgan fingerprint density at radius 2 is 2.07 bits per heavy atom. The fourth-order valence-electron chi connectivity index (χ4n) is 4.12.